The molecule has 0 aromatic heterocycles. The number of hydrogen-bond donors (Lipinski definition) is 0. The predicted molar refractivity (Wildman–Crippen MR) is 69.5 cm³/mol. The maximum absolute atomic E-state index is 12.5. The Morgan fingerprint density at radius 3 is 2.15 bits per heavy atom. The fraction of sp³-hybridized carbons (Fsp3) is 0.462. The molecule has 1 aliphatic heterocycles. The summed E-state index contributed by atoms with van der Waals surface area (Å²) >= 11 is 0. The third-order valence-electron chi connectivity index (χ3n) is 3.11. The van der Waals surface area contributed by atoms with Crippen LogP contribution in [0.5, 0.6) is 0 Å². The van der Waals surface area contributed by atoms with Crippen molar-refractivity contribution in [1.82, 2.24) is 4.31 Å². The standard InChI is InChI=1S/C13H17NO5S/c1-9-7-14(8-10(2)19-9)20(17,18)12-5-3-11(4-6-12)13(15)16/h3-6,9-10H,7-8H2,1-2H3,(H,15,16)/p-1/t9-,10+. The van der Waals surface area contributed by atoms with Crippen LogP contribution < -0.4 is 5.11 Å². The molecule has 1 aromatic rings. The first-order valence-electron chi connectivity index (χ1n) is 6.27. The van der Waals surface area contributed by atoms with Crippen LogP contribution in [0.2, 0.25) is 0 Å². The first-order chi connectivity index (χ1) is 9.30. The van der Waals surface area contributed by atoms with E-state index in [0.29, 0.717) is 0 Å². The van der Waals surface area contributed by atoms with Gasteiger partial charge >= 0.3 is 0 Å². The second-order valence-corrected chi connectivity index (χ2v) is 6.83. The van der Waals surface area contributed by atoms with Gasteiger partial charge in [0.05, 0.1) is 23.1 Å². The normalized spacial score (nSPS) is 24.5. The molecule has 0 bridgehead atoms. The Kier molecular flexibility index (Phi) is 4.12. The van der Waals surface area contributed by atoms with Crippen LogP contribution in [0.15, 0.2) is 29.2 Å². The van der Waals surface area contributed by atoms with Gasteiger partial charge < -0.3 is 14.6 Å². The molecule has 0 amide bonds. The summed E-state index contributed by atoms with van der Waals surface area (Å²) in [5, 5.41) is 10.7. The van der Waals surface area contributed by atoms with Crippen molar-refractivity contribution < 1.29 is 23.1 Å². The summed E-state index contributed by atoms with van der Waals surface area (Å²) < 4.78 is 31.8. The van der Waals surface area contributed by atoms with Crippen molar-refractivity contribution in [3.8, 4) is 0 Å². The molecule has 0 N–H and O–H groups in total. The molecule has 2 rings (SSSR count). The molecule has 7 heteroatoms. The molecule has 1 aliphatic rings. The average Bonchev–Trinajstić information content (AvgIpc) is 2.37. The molecule has 1 fully saturated rings. The van der Waals surface area contributed by atoms with Crippen molar-refractivity contribution >= 4 is 16.0 Å². The number of sulfonamides is 1. The predicted octanol–water partition coefficient (Wildman–Crippen LogP) is -0.152. The molecule has 6 nitrogen and oxygen atoms in total. The molecule has 1 heterocycles. The van der Waals surface area contributed by atoms with Crippen molar-refractivity contribution in [2.75, 3.05) is 13.1 Å². The second kappa shape index (κ2) is 5.51. The van der Waals surface area contributed by atoms with E-state index >= 15 is 0 Å². The molecule has 0 radical (unpaired) electrons. The van der Waals surface area contributed by atoms with E-state index in [1.807, 2.05) is 13.8 Å². The van der Waals surface area contributed by atoms with Crippen LogP contribution in [-0.2, 0) is 14.8 Å². The van der Waals surface area contributed by atoms with Gasteiger partial charge in [-0.1, -0.05) is 12.1 Å². The molecular weight excluding hydrogens is 282 g/mol. The first kappa shape index (κ1) is 15.0. The summed E-state index contributed by atoms with van der Waals surface area (Å²) in [6.45, 7) is 4.21. The van der Waals surface area contributed by atoms with E-state index in [9.17, 15) is 18.3 Å². The molecule has 20 heavy (non-hydrogen) atoms. The highest BCUT2D eigenvalue weighted by Crippen LogP contribution is 2.21. The lowest BCUT2D eigenvalue weighted by atomic mass is 10.2. The zero-order chi connectivity index (χ0) is 14.9. The number of hydrogen-bond acceptors (Lipinski definition) is 5. The van der Waals surface area contributed by atoms with Gasteiger partial charge in [-0.3, -0.25) is 0 Å². The quantitative estimate of drug-likeness (QED) is 0.774. The minimum absolute atomic E-state index is 0.0485. The fourth-order valence-corrected chi connectivity index (χ4v) is 3.83. The Hall–Kier alpha value is -1.44. The number of aromatic carboxylic acids is 1. The molecule has 0 unspecified atom stereocenters. The van der Waals surface area contributed by atoms with Gasteiger partial charge in [0.15, 0.2) is 0 Å². The number of ether oxygens (including phenoxy) is 1. The summed E-state index contributed by atoms with van der Waals surface area (Å²) in [7, 11) is -3.63. The molecular formula is C13H16NO5S-. The van der Waals surface area contributed by atoms with Gasteiger partial charge in [-0.15, -0.1) is 0 Å². The minimum Gasteiger partial charge on any atom is -0.545 e. The lowest BCUT2D eigenvalue weighted by Gasteiger charge is -2.34. The fourth-order valence-electron chi connectivity index (χ4n) is 2.24. The summed E-state index contributed by atoms with van der Waals surface area (Å²) in [5.74, 6) is -1.33. The highest BCUT2D eigenvalue weighted by molar-refractivity contribution is 7.89. The molecule has 1 saturated heterocycles. The van der Waals surface area contributed by atoms with E-state index < -0.39 is 16.0 Å². The van der Waals surface area contributed by atoms with Crippen LogP contribution in [0.4, 0.5) is 0 Å². The number of rotatable bonds is 3. The number of carbonyl (C=O) groups is 1. The van der Waals surface area contributed by atoms with E-state index in [0.717, 1.165) is 0 Å². The smallest absolute Gasteiger partial charge is 0.243 e. The summed E-state index contributed by atoms with van der Waals surface area (Å²) in [4.78, 5) is 10.7. The van der Waals surface area contributed by atoms with Crippen molar-refractivity contribution in [1.29, 1.82) is 0 Å². The Labute approximate surface area is 118 Å². The number of benzene rings is 1. The summed E-state index contributed by atoms with van der Waals surface area (Å²) in [6.07, 6.45) is -0.341. The monoisotopic (exact) mass is 298 g/mol. The number of carboxylic acids is 1. The molecule has 0 aliphatic carbocycles. The third-order valence-corrected chi connectivity index (χ3v) is 4.96. The maximum Gasteiger partial charge on any atom is 0.243 e. The third kappa shape index (κ3) is 3.00. The van der Waals surface area contributed by atoms with Crippen LogP contribution in [0.1, 0.15) is 24.2 Å². The number of carbonyl (C=O) groups excluding carboxylic acids is 1. The van der Waals surface area contributed by atoms with Crippen molar-refractivity contribution in [3.63, 3.8) is 0 Å². The van der Waals surface area contributed by atoms with E-state index in [1.54, 1.807) is 0 Å². The van der Waals surface area contributed by atoms with Gasteiger partial charge in [0.25, 0.3) is 0 Å². The lowest BCUT2D eigenvalue weighted by Crippen LogP contribution is -2.48. The van der Waals surface area contributed by atoms with Crippen LogP contribution in [-0.4, -0.2) is 44.0 Å². The summed E-state index contributed by atoms with van der Waals surface area (Å²) in [5.41, 5.74) is -0.0485. The Bertz CT molecular complexity index is 586. The van der Waals surface area contributed by atoms with E-state index in [-0.39, 0.29) is 35.8 Å². The Balaban J connectivity index is 2.27. The molecule has 0 saturated carbocycles. The minimum atomic E-state index is -3.63. The van der Waals surface area contributed by atoms with Crippen molar-refractivity contribution in [2.45, 2.75) is 31.0 Å². The van der Waals surface area contributed by atoms with E-state index in [1.165, 1.54) is 28.6 Å². The SMILES string of the molecule is C[C@@H]1CN(S(=O)(=O)c2ccc(C(=O)[O-])cc2)C[C@H](C)O1. The number of carboxylic acid groups (broad SMARTS) is 1. The molecule has 1 aromatic carbocycles. The largest absolute Gasteiger partial charge is 0.545 e. The van der Waals surface area contributed by atoms with Gasteiger partial charge in [-0.2, -0.15) is 4.31 Å². The lowest BCUT2D eigenvalue weighted by molar-refractivity contribution is -0.255. The van der Waals surface area contributed by atoms with Crippen molar-refractivity contribution in [2.24, 2.45) is 0 Å². The van der Waals surface area contributed by atoms with Crippen LogP contribution in [0.3, 0.4) is 0 Å². The zero-order valence-electron chi connectivity index (χ0n) is 11.3. The second-order valence-electron chi connectivity index (χ2n) is 4.89. The van der Waals surface area contributed by atoms with E-state index in [4.69, 9.17) is 4.74 Å². The molecule has 2 atom stereocenters. The van der Waals surface area contributed by atoms with Gasteiger partial charge in [0.2, 0.25) is 10.0 Å². The Morgan fingerprint density at radius 1 is 1.20 bits per heavy atom. The highest BCUT2D eigenvalue weighted by Gasteiger charge is 2.32. The number of nitrogens with zero attached hydrogens (tertiary/aromatic N) is 1. The number of morpholine rings is 1. The zero-order valence-corrected chi connectivity index (χ0v) is 12.1. The first-order valence-corrected chi connectivity index (χ1v) is 7.71. The van der Waals surface area contributed by atoms with Gasteiger partial charge in [-0.05, 0) is 31.5 Å². The summed E-state index contributed by atoms with van der Waals surface area (Å²) in [6, 6.07) is 5.03. The molecule has 110 valence electrons. The Morgan fingerprint density at radius 2 is 1.70 bits per heavy atom. The van der Waals surface area contributed by atoms with Gasteiger partial charge in [-0.25, -0.2) is 8.42 Å². The average molecular weight is 298 g/mol. The van der Waals surface area contributed by atoms with E-state index in [2.05, 4.69) is 0 Å². The maximum atomic E-state index is 12.5. The van der Waals surface area contributed by atoms with Gasteiger partial charge in [0.1, 0.15) is 0 Å². The van der Waals surface area contributed by atoms with Crippen LogP contribution >= 0.6 is 0 Å². The van der Waals surface area contributed by atoms with Gasteiger partial charge in [0, 0.05) is 13.1 Å². The molecule has 0 spiro atoms. The highest BCUT2D eigenvalue weighted by atomic mass is 32.2. The topological polar surface area (TPSA) is 86.7 Å². The van der Waals surface area contributed by atoms with Crippen LogP contribution in [0.25, 0.3) is 0 Å². The van der Waals surface area contributed by atoms with Crippen LogP contribution in [0, 0.1) is 0 Å². The van der Waals surface area contributed by atoms with Crippen molar-refractivity contribution in [3.05, 3.63) is 29.8 Å².